The Kier molecular flexibility index (Phi) is 5.79. The fourth-order valence-electron chi connectivity index (χ4n) is 3.01. The van der Waals surface area contributed by atoms with Crippen LogP contribution in [-0.2, 0) is 6.61 Å². The SMILES string of the molecule is COc1cccc(NC(=O)Nc2ccccc2OCc2cc(=O)n3ccccc3n2)c1. The number of carbonyl (C=O) groups is 1. The van der Waals surface area contributed by atoms with E-state index in [0.717, 1.165) is 0 Å². The number of aromatic nitrogens is 2. The Labute approximate surface area is 178 Å². The molecule has 156 valence electrons. The zero-order valence-electron chi connectivity index (χ0n) is 16.7. The van der Waals surface area contributed by atoms with Crippen molar-refractivity contribution in [1.29, 1.82) is 0 Å². The third kappa shape index (κ3) is 4.81. The number of hydrogen-bond donors (Lipinski definition) is 2. The Morgan fingerprint density at radius 1 is 1.00 bits per heavy atom. The molecule has 0 unspecified atom stereocenters. The van der Waals surface area contributed by atoms with E-state index in [1.165, 1.54) is 10.5 Å². The molecule has 0 radical (unpaired) electrons. The van der Waals surface area contributed by atoms with Gasteiger partial charge in [-0.15, -0.1) is 0 Å². The summed E-state index contributed by atoms with van der Waals surface area (Å²) in [5.74, 6) is 1.10. The Morgan fingerprint density at radius 3 is 2.71 bits per heavy atom. The first-order chi connectivity index (χ1) is 15.1. The number of methoxy groups -OCH3 is 1. The highest BCUT2D eigenvalue weighted by molar-refractivity contribution is 6.00. The van der Waals surface area contributed by atoms with Crippen LogP contribution in [0, 0.1) is 0 Å². The van der Waals surface area contributed by atoms with Gasteiger partial charge in [0.2, 0.25) is 0 Å². The second-order valence-corrected chi connectivity index (χ2v) is 6.61. The van der Waals surface area contributed by atoms with E-state index in [1.807, 2.05) is 6.07 Å². The third-order valence-electron chi connectivity index (χ3n) is 4.46. The van der Waals surface area contributed by atoms with Gasteiger partial charge in [-0.2, -0.15) is 0 Å². The summed E-state index contributed by atoms with van der Waals surface area (Å²) in [6, 6.07) is 20.4. The Morgan fingerprint density at radius 2 is 1.84 bits per heavy atom. The number of nitrogens with zero attached hydrogens (tertiary/aromatic N) is 2. The van der Waals surface area contributed by atoms with E-state index in [4.69, 9.17) is 9.47 Å². The second kappa shape index (κ2) is 9.00. The molecule has 0 spiro atoms. The number of urea groups is 1. The number of amides is 2. The van der Waals surface area contributed by atoms with Gasteiger partial charge in [0, 0.05) is 24.0 Å². The Balaban J connectivity index is 1.46. The van der Waals surface area contributed by atoms with Crippen LogP contribution < -0.4 is 25.7 Å². The fourth-order valence-corrected chi connectivity index (χ4v) is 3.01. The quantitative estimate of drug-likeness (QED) is 0.497. The summed E-state index contributed by atoms with van der Waals surface area (Å²) < 4.78 is 12.5. The summed E-state index contributed by atoms with van der Waals surface area (Å²) in [5.41, 5.74) is 1.93. The van der Waals surface area contributed by atoms with Crippen molar-refractivity contribution in [2.75, 3.05) is 17.7 Å². The minimum atomic E-state index is -0.425. The molecule has 0 fully saturated rings. The summed E-state index contributed by atoms with van der Waals surface area (Å²) in [4.78, 5) is 29.1. The van der Waals surface area contributed by atoms with E-state index in [9.17, 15) is 9.59 Å². The number of anilines is 2. The molecule has 0 aliphatic carbocycles. The number of nitrogens with one attached hydrogen (secondary N) is 2. The lowest BCUT2D eigenvalue weighted by atomic mass is 10.3. The highest BCUT2D eigenvalue weighted by Crippen LogP contribution is 2.25. The van der Waals surface area contributed by atoms with Gasteiger partial charge in [-0.3, -0.25) is 9.20 Å². The van der Waals surface area contributed by atoms with E-state index in [-0.39, 0.29) is 12.2 Å². The summed E-state index contributed by atoms with van der Waals surface area (Å²) >= 11 is 0. The van der Waals surface area contributed by atoms with Crippen LogP contribution in [0.2, 0.25) is 0 Å². The van der Waals surface area contributed by atoms with Crippen molar-refractivity contribution in [1.82, 2.24) is 9.38 Å². The fraction of sp³-hybridized carbons (Fsp3) is 0.0870. The van der Waals surface area contributed by atoms with Crippen molar-refractivity contribution >= 4 is 23.1 Å². The normalized spacial score (nSPS) is 10.5. The van der Waals surface area contributed by atoms with E-state index < -0.39 is 6.03 Å². The number of pyridine rings is 1. The van der Waals surface area contributed by atoms with Crippen LogP contribution in [0.5, 0.6) is 11.5 Å². The highest BCUT2D eigenvalue weighted by atomic mass is 16.5. The molecule has 2 aromatic heterocycles. The Bertz CT molecular complexity index is 1290. The molecule has 8 heteroatoms. The van der Waals surface area contributed by atoms with Crippen LogP contribution in [0.4, 0.5) is 16.2 Å². The van der Waals surface area contributed by atoms with Crippen LogP contribution >= 0.6 is 0 Å². The molecular weight excluding hydrogens is 396 g/mol. The molecule has 2 heterocycles. The summed E-state index contributed by atoms with van der Waals surface area (Å²) in [6.07, 6.45) is 1.66. The molecule has 4 rings (SSSR count). The van der Waals surface area contributed by atoms with Crippen molar-refractivity contribution in [2.45, 2.75) is 6.61 Å². The van der Waals surface area contributed by atoms with E-state index in [1.54, 1.807) is 74.0 Å². The monoisotopic (exact) mass is 416 g/mol. The molecule has 0 aliphatic rings. The van der Waals surface area contributed by atoms with Crippen molar-refractivity contribution in [2.24, 2.45) is 0 Å². The Hall–Kier alpha value is -4.33. The zero-order chi connectivity index (χ0) is 21.6. The second-order valence-electron chi connectivity index (χ2n) is 6.61. The van der Waals surface area contributed by atoms with Crippen LogP contribution in [0.3, 0.4) is 0 Å². The highest BCUT2D eigenvalue weighted by Gasteiger charge is 2.10. The molecule has 0 saturated heterocycles. The van der Waals surface area contributed by atoms with E-state index >= 15 is 0 Å². The number of ether oxygens (including phenoxy) is 2. The largest absolute Gasteiger partial charge is 0.497 e. The van der Waals surface area contributed by atoms with Crippen LogP contribution in [0.25, 0.3) is 5.65 Å². The lowest BCUT2D eigenvalue weighted by Gasteiger charge is -2.13. The van der Waals surface area contributed by atoms with Gasteiger partial charge in [-0.05, 0) is 36.4 Å². The minimum Gasteiger partial charge on any atom is -0.497 e. The third-order valence-corrected chi connectivity index (χ3v) is 4.46. The molecule has 0 aliphatic heterocycles. The number of rotatable bonds is 6. The molecule has 2 aromatic carbocycles. The first kappa shape index (κ1) is 20.0. The topological polar surface area (TPSA) is 94.0 Å². The number of benzene rings is 2. The lowest BCUT2D eigenvalue weighted by molar-refractivity contribution is 0.261. The molecule has 0 bridgehead atoms. The molecule has 0 saturated carbocycles. The summed E-state index contributed by atoms with van der Waals surface area (Å²) in [5, 5.41) is 5.52. The number of carbonyl (C=O) groups excluding carboxylic acids is 1. The summed E-state index contributed by atoms with van der Waals surface area (Å²) in [7, 11) is 1.56. The average molecular weight is 416 g/mol. The van der Waals surface area contributed by atoms with Gasteiger partial charge in [-0.1, -0.05) is 24.3 Å². The van der Waals surface area contributed by atoms with Crippen LogP contribution in [0.15, 0.2) is 83.8 Å². The first-order valence-electron chi connectivity index (χ1n) is 9.53. The van der Waals surface area contributed by atoms with Gasteiger partial charge in [0.25, 0.3) is 5.56 Å². The van der Waals surface area contributed by atoms with E-state index in [2.05, 4.69) is 15.6 Å². The molecule has 0 atom stereocenters. The van der Waals surface area contributed by atoms with Gasteiger partial charge < -0.3 is 20.1 Å². The van der Waals surface area contributed by atoms with Crippen LogP contribution in [0.1, 0.15) is 5.69 Å². The van der Waals surface area contributed by atoms with Crippen molar-refractivity contribution < 1.29 is 14.3 Å². The summed E-state index contributed by atoms with van der Waals surface area (Å²) in [6.45, 7) is 0.0802. The van der Waals surface area contributed by atoms with Gasteiger partial charge in [0.05, 0.1) is 18.5 Å². The zero-order valence-corrected chi connectivity index (χ0v) is 16.7. The molecular formula is C23H20N4O4. The maximum atomic E-state index is 12.4. The number of hydrogen-bond acceptors (Lipinski definition) is 5. The van der Waals surface area contributed by atoms with Gasteiger partial charge in [0.15, 0.2) is 0 Å². The maximum Gasteiger partial charge on any atom is 0.323 e. The van der Waals surface area contributed by atoms with Crippen molar-refractivity contribution in [3.8, 4) is 11.5 Å². The predicted octanol–water partition coefficient (Wildman–Crippen LogP) is 3.93. The molecule has 2 N–H and O–H groups in total. The minimum absolute atomic E-state index is 0.0802. The van der Waals surface area contributed by atoms with Crippen molar-refractivity contribution in [3.05, 3.63) is 95.0 Å². The van der Waals surface area contributed by atoms with Gasteiger partial charge in [0.1, 0.15) is 23.8 Å². The standard InChI is InChI=1S/C23H20N4O4/c1-30-18-8-6-7-16(13-18)25-23(29)26-19-9-2-3-10-20(19)31-15-17-14-22(28)27-12-5-4-11-21(27)24-17/h2-14H,15H2,1H3,(H2,25,26,29). The smallest absolute Gasteiger partial charge is 0.323 e. The molecule has 31 heavy (non-hydrogen) atoms. The van der Waals surface area contributed by atoms with Crippen molar-refractivity contribution in [3.63, 3.8) is 0 Å². The molecule has 2 amide bonds. The maximum absolute atomic E-state index is 12.4. The first-order valence-corrected chi connectivity index (χ1v) is 9.53. The molecule has 8 nitrogen and oxygen atoms in total. The van der Waals surface area contributed by atoms with Crippen LogP contribution in [-0.4, -0.2) is 22.5 Å². The number of fused-ring (bicyclic) bond motifs is 1. The van der Waals surface area contributed by atoms with Gasteiger partial charge >= 0.3 is 6.03 Å². The van der Waals surface area contributed by atoms with Gasteiger partial charge in [-0.25, -0.2) is 9.78 Å². The lowest BCUT2D eigenvalue weighted by Crippen LogP contribution is -2.20. The van der Waals surface area contributed by atoms with E-state index in [0.29, 0.717) is 34.2 Å². The predicted molar refractivity (Wildman–Crippen MR) is 118 cm³/mol. The number of para-hydroxylation sites is 2. The molecule has 4 aromatic rings. The average Bonchev–Trinajstić information content (AvgIpc) is 2.78.